The molecule has 2 aromatic rings. The maximum atomic E-state index is 12.5. The molecule has 4 heterocycles. The highest BCUT2D eigenvalue weighted by Crippen LogP contribution is 2.26. The fourth-order valence-electron chi connectivity index (χ4n) is 3.75. The van der Waals surface area contributed by atoms with E-state index in [4.69, 9.17) is 9.72 Å². The molecule has 2 aliphatic rings. The summed E-state index contributed by atoms with van der Waals surface area (Å²) in [6, 6.07) is 6.14. The number of hydrogen-bond acceptors (Lipinski definition) is 5. The van der Waals surface area contributed by atoms with Crippen LogP contribution in [0.3, 0.4) is 0 Å². The third-order valence-electron chi connectivity index (χ3n) is 5.17. The van der Waals surface area contributed by atoms with E-state index in [9.17, 15) is 4.79 Å². The summed E-state index contributed by atoms with van der Waals surface area (Å²) in [5.41, 5.74) is 1.10. The zero-order valence-corrected chi connectivity index (χ0v) is 15.0. The van der Waals surface area contributed by atoms with Gasteiger partial charge in [0.2, 0.25) is 5.91 Å². The number of carbonyl (C=O) groups is 1. The molecule has 0 bridgehead atoms. The van der Waals surface area contributed by atoms with Crippen LogP contribution in [0.4, 0.5) is 0 Å². The van der Waals surface area contributed by atoms with Gasteiger partial charge in [0.25, 0.3) is 0 Å². The quantitative estimate of drug-likeness (QED) is 0.827. The number of likely N-dealkylation sites (tertiary alicyclic amines) is 1. The van der Waals surface area contributed by atoms with Crippen molar-refractivity contribution in [1.29, 1.82) is 0 Å². The summed E-state index contributed by atoms with van der Waals surface area (Å²) in [5, 5.41) is 0. The Labute approximate surface area is 153 Å². The summed E-state index contributed by atoms with van der Waals surface area (Å²) in [6.45, 7) is 5.09. The number of pyridine rings is 1. The maximum absolute atomic E-state index is 12.5. The highest BCUT2D eigenvalue weighted by Gasteiger charge is 2.26. The van der Waals surface area contributed by atoms with Crippen LogP contribution in [0.5, 0.6) is 0 Å². The SMILES string of the molecule is O=C(CN1CCC[C@@H](c2cccc(-n3ccnc3)n2)C1)N1CCOCC1. The van der Waals surface area contributed by atoms with Gasteiger partial charge in [-0.25, -0.2) is 9.97 Å². The predicted octanol–water partition coefficient (Wildman–Crippen LogP) is 1.31. The maximum Gasteiger partial charge on any atom is 0.236 e. The second kappa shape index (κ2) is 7.97. The average molecular weight is 355 g/mol. The molecule has 2 fully saturated rings. The summed E-state index contributed by atoms with van der Waals surface area (Å²) in [5.74, 6) is 1.47. The van der Waals surface area contributed by atoms with Crippen LogP contribution in [0.1, 0.15) is 24.5 Å². The first-order valence-electron chi connectivity index (χ1n) is 9.33. The Balaban J connectivity index is 1.40. The lowest BCUT2D eigenvalue weighted by molar-refractivity contribution is -0.136. The van der Waals surface area contributed by atoms with Gasteiger partial charge in [-0.05, 0) is 31.5 Å². The van der Waals surface area contributed by atoms with E-state index in [1.807, 2.05) is 21.7 Å². The summed E-state index contributed by atoms with van der Waals surface area (Å²) in [7, 11) is 0. The molecule has 7 nitrogen and oxygen atoms in total. The van der Waals surface area contributed by atoms with Gasteiger partial charge in [-0.3, -0.25) is 14.3 Å². The molecule has 0 saturated carbocycles. The van der Waals surface area contributed by atoms with Crippen molar-refractivity contribution < 1.29 is 9.53 Å². The summed E-state index contributed by atoms with van der Waals surface area (Å²) in [6.07, 6.45) is 7.63. The Morgan fingerprint density at radius 2 is 2.12 bits per heavy atom. The summed E-state index contributed by atoms with van der Waals surface area (Å²) < 4.78 is 7.26. The average Bonchev–Trinajstić information content (AvgIpc) is 3.24. The van der Waals surface area contributed by atoms with E-state index >= 15 is 0 Å². The molecule has 1 amide bonds. The Morgan fingerprint density at radius 3 is 2.92 bits per heavy atom. The molecule has 0 aliphatic carbocycles. The monoisotopic (exact) mass is 355 g/mol. The number of aromatic nitrogens is 3. The van der Waals surface area contributed by atoms with Crippen LogP contribution in [0.2, 0.25) is 0 Å². The number of amides is 1. The minimum atomic E-state index is 0.217. The molecule has 138 valence electrons. The molecular weight excluding hydrogens is 330 g/mol. The number of ether oxygens (including phenoxy) is 1. The van der Waals surface area contributed by atoms with Crippen LogP contribution < -0.4 is 0 Å². The van der Waals surface area contributed by atoms with Gasteiger partial charge >= 0.3 is 0 Å². The van der Waals surface area contributed by atoms with Crippen LogP contribution in [0.15, 0.2) is 36.9 Å². The molecule has 0 unspecified atom stereocenters. The molecule has 0 aromatic carbocycles. The third kappa shape index (κ3) is 3.94. The van der Waals surface area contributed by atoms with Crippen molar-refractivity contribution in [3.63, 3.8) is 0 Å². The highest BCUT2D eigenvalue weighted by molar-refractivity contribution is 5.78. The fourth-order valence-corrected chi connectivity index (χ4v) is 3.75. The molecule has 1 atom stereocenters. The Hall–Kier alpha value is -2.25. The zero-order valence-electron chi connectivity index (χ0n) is 15.0. The lowest BCUT2D eigenvalue weighted by Crippen LogP contribution is -2.47. The van der Waals surface area contributed by atoms with Crippen molar-refractivity contribution in [2.75, 3.05) is 45.9 Å². The van der Waals surface area contributed by atoms with Crippen molar-refractivity contribution in [1.82, 2.24) is 24.3 Å². The van der Waals surface area contributed by atoms with Crippen molar-refractivity contribution in [3.8, 4) is 5.82 Å². The molecule has 7 heteroatoms. The smallest absolute Gasteiger partial charge is 0.236 e. The lowest BCUT2D eigenvalue weighted by atomic mass is 9.94. The van der Waals surface area contributed by atoms with E-state index in [-0.39, 0.29) is 5.91 Å². The van der Waals surface area contributed by atoms with Crippen LogP contribution in [0.25, 0.3) is 5.82 Å². The number of hydrogen-bond donors (Lipinski definition) is 0. The minimum Gasteiger partial charge on any atom is -0.378 e. The Kier molecular flexibility index (Phi) is 5.26. The van der Waals surface area contributed by atoms with Crippen molar-refractivity contribution in [2.45, 2.75) is 18.8 Å². The second-order valence-corrected chi connectivity index (χ2v) is 6.96. The van der Waals surface area contributed by atoms with E-state index in [1.54, 1.807) is 12.5 Å². The van der Waals surface area contributed by atoms with Gasteiger partial charge in [0.05, 0.1) is 19.8 Å². The third-order valence-corrected chi connectivity index (χ3v) is 5.17. The van der Waals surface area contributed by atoms with Crippen molar-refractivity contribution in [3.05, 3.63) is 42.6 Å². The molecule has 0 radical (unpaired) electrons. The number of nitrogens with zero attached hydrogens (tertiary/aromatic N) is 5. The summed E-state index contributed by atoms with van der Waals surface area (Å²) in [4.78, 5) is 25.6. The normalized spacial score (nSPS) is 21.7. The largest absolute Gasteiger partial charge is 0.378 e. The van der Waals surface area contributed by atoms with Gasteiger partial charge in [-0.15, -0.1) is 0 Å². The van der Waals surface area contributed by atoms with E-state index in [2.05, 4.69) is 22.0 Å². The molecular formula is C19H25N5O2. The van der Waals surface area contributed by atoms with E-state index in [1.165, 1.54) is 0 Å². The first kappa shape index (κ1) is 17.2. The van der Waals surface area contributed by atoms with E-state index in [0.717, 1.165) is 37.4 Å². The highest BCUT2D eigenvalue weighted by atomic mass is 16.5. The van der Waals surface area contributed by atoms with Gasteiger partial charge in [0, 0.05) is 43.6 Å². The molecule has 2 saturated heterocycles. The van der Waals surface area contributed by atoms with Gasteiger partial charge < -0.3 is 9.64 Å². The van der Waals surface area contributed by atoms with Crippen LogP contribution in [-0.4, -0.2) is 76.2 Å². The van der Waals surface area contributed by atoms with Crippen molar-refractivity contribution >= 4 is 5.91 Å². The van der Waals surface area contributed by atoms with Crippen LogP contribution in [-0.2, 0) is 9.53 Å². The number of imidazole rings is 1. The number of rotatable bonds is 4. The van der Waals surface area contributed by atoms with E-state index < -0.39 is 0 Å². The first-order valence-corrected chi connectivity index (χ1v) is 9.33. The van der Waals surface area contributed by atoms with Crippen LogP contribution in [0, 0.1) is 0 Å². The van der Waals surface area contributed by atoms with E-state index in [0.29, 0.717) is 38.8 Å². The topological polar surface area (TPSA) is 63.5 Å². The molecule has 0 N–H and O–H groups in total. The number of morpholine rings is 1. The van der Waals surface area contributed by atoms with Gasteiger partial charge in [0.15, 0.2) is 0 Å². The molecule has 2 aliphatic heterocycles. The second-order valence-electron chi connectivity index (χ2n) is 6.96. The van der Waals surface area contributed by atoms with Crippen molar-refractivity contribution in [2.24, 2.45) is 0 Å². The first-order chi connectivity index (χ1) is 12.8. The number of piperidine rings is 1. The Morgan fingerprint density at radius 1 is 1.23 bits per heavy atom. The molecule has 26 heavy (non-hydrogen) atoms. The Bertz CT molecular complexity index is 727. The molecule has 0 spiro atoms. The molecule has 4 rings (SSSR count). The molecule has 2 aromatic heterocycles. The standard InChI is InChI=1S/C19H25N5O2/c25-19(23-9-11-26-12-10-23)14-22-7-2-3-16(13-22)17-4-1-5-18(21-17)24-8-6-20-15-24/h1,4-6,8,15-16H,2-3,7,9-14H2/t16-/m1/s1. The lowest BCUT2D eigenvalue weighted by Gasteiger charge is -2.34. The van der Waals surface area contributed by atoms with Gasteiger partial charge in [0.1, 0.15) is 12.1 Å². The fraction of sp³-hybridized carbons (Fsp3) is 0.526. The number of carbonyl (C=O) groups excluding carboxylic acids is 1. The predicted molar refractivity (Wildman–Crippen MR) is 97.2 cm³/mol. The summed E-state index contributed by atoms with van der Waals surface area (Å²) >= 11 is 0. The minimum absolute atomic E-state index is 0.217. The van der Waals surface area contributed by atoms with Gasteiger partial charge in [-0.1, -0.05) is 6.07 Å². The van der Waals surface area contributed by atoms with Crippen LogP contribution >= 0.6 is 0 Å². The van der Waals surface area contributed by atoms with Gasteiger partial charge in [-0.2, -0.15) is 0 Å². The zero-order chi connectivity index (χ0) is 17.8.